The summed E-state index contributed by atoms with van der Waals surface area (Å²) in [5.41, 5.74) is 0. The number of amides is 1. The summed E-state index contributed by atoms with van der Waals surface area (Å²) in [5.74, 6) is -0.576. The van der Waals surface area contributed by atoms with Crippen molar-refractivity contribution < 1.29 is 62.1 Å². The minimum atomic E-state index is -1.86. The maximum atomic E-state index is 13.0. The van der Waals surface area contributed by atoms with Crippen LogP contribution in [0.25, 0.3) is 0 Å². The first kappa shape index (κ1) is 49.4. The molecule has 0 aromatic carbocycles. The van der Waals surface area contributed by atoms with E-state index < -0.39 is 83.8 Å². The lowest BCUT2D eigenvalue weighted by Crippen LogP contribution is -2.68. The highest BCUT2D eigenvalue weighted by Crippen LogP contribution is 2.34. The van der Waals surface area contributed by atoms with Crippen LogP contribution in [0, 0.1) is 0 Å². The molecule has 2 heterocycles. The van der Waals surface area contributed by atoms with E-state index in [0.717, 1.165) is 57.8 Å². The first-order valence-corrected chi connectivity index (χ1v) is 20.9. The number of aliphatic hydroxyl groups is 1. The molecule has 2 aliphatic heterocycles. The van der Waals surface area contributed by atoms with Crippen LogP contribution >= 0.6 is 34.8 Å². The number of aliphatic hydroxyl groups excluding tert-OH is 1. The Morgan fingerprint density at radius 3 is 1.65 bits per heavy atom. The molecule has 318 valence electrons. The number of ether oxygens (including phenoxy) is 10. The van der Waals surface area contributed by atoms with E-state index in [2.05, 4.69) is 26.1 Å². The van der Waals surface area contributed by atoms with Crippen LogP contribution in [0.2, 0.25) is 0 Å². The van der Waals surface area contributed by atoms with E-state index in [4.69, 9.17) is 82.2 Å². The zero-order valence-corrected chi connectivity index (χ0v) is 35.2. The monoisotopic (exact) mass is 837 g/mol. The van der Waals surface area contributed by atoms with Crippen LogP contribution in [0.15, 0.2) is 0 Å². The lowest BCUT2D eigenvalue weighted by molar-refractivity contribution is -0.356. The average Bonchev–Trinajstić information content (AvgIpc) is 3.12. The molecule has 8 unspecified atom stereocenters. The van der Waals surface area contributed by atoms with Gasteiger partial charge in [-0.3, -0.25) is 4.79 Å². The van der Waals surface area contributed by atoms with Crippen molar-refractivity contribution >= 4 is 46.9 Å². The number of alkyl carbamates (subject to hydrolysis) is 1. The van der Waals surface area contributed by atoms with Crippen LogP contribution in [-0.2, 0) is 52.2 Å². The van der Waals surface area contributed by atoms with Gasteiger partial charge >= 0.3 is 12.1 Å². The summed E-state index contributed by atoms with van der Waals surface area (Å²) < 4.78 is 60.1. The third-order valence-corrected chi connectivity index (χ3v) is 9.10. The average molecular weight is 839 g/mol. The van der Waals surface area contributed by atoms with Crippen molar-refractivity contribution in [1.29, 1.82) is 0 Å². The van der Waals surface area contributed by atoms with Gasteiger partial charge in [-0.1, -0.05) is 102 Å². The third kappa shape index (κ3) is 18.2. The molecule has 2 saturated heterocycles. The second-order valence-electron chi connectivity index (χ2n) is 13.6. The second-order valence-corrected chi connectivity index (χ2v) is 16.1. The van der Waals surface area contributed by atoms with Gasteiger partial charge in [0.2, 0.25) is 3.79 Å². The molecule has 1 amide bonds. The zero-order valence-electron chi connectivity index (χ0n) is 33.0. The number of rotatable bonds is 27. The standard InChI is InChI=1S/C37H66Cl3NO13/c1-7-12-17-45-22-26-29(47-19-14-9-3)32(49-21-16-11-5)33(51-25(6)42)35(53-26)54-30-27(23-46-18-13-8-2)52-34(43)28(31(30)48-20-15-10-4)41-36(44)50-24-37(38,39)40/h26-35,43H,7-24H2,1-6H3,(H,41,44)/t26?,27?,28?,29?,30-,31-,32?,33?,34?,35?/m1/s1. The van der Waals surface area contributed by atoms with E-state index in [1.807, 2.05) is 13.8 Å². The Balaban J connectivity index is 2.61. The highest BCUT2D eigenvalue weighted by atomic mass is 35.6. The summed E-state index contributed by atoms with van der Waals surface area (Å²) in [5, 5.41) is 13.9. The van der Waals surface area contributed by atoms with E-state index in [0.29, 0.717) is 32.8 Å². The highest BCUT2D eigenvalue weighted by Gasteiger charge is 2.54. The fourth-order valence-electron chi connectivity index (χ4n) is 5.86. The SMILES string of the molecule is CCCCOCC1OC(O[C@@H]2C(COCCCC)OC(O)C(NC(=O)OCC(Cl)(Cl)Cl)[C@H]2OCCCC)C(OC(C)=O)C(OCCCC)C1OCCCC. The number of halogens is 3. The van der Waals surface area contributed by atoms with Gasteiger partial charge < -0.3 is 57.8 Å². The van der Waals surface area contributed by atoms with Crippen molar-refractivity contribution in [3.63, 3.8) is 0 Å². The molecule has 0 bridgehead atoms. The van der Waals surface area contributed by atoms with Crippen LogP contribution in [0.4, 0.5) is 4.79 Å². The van der Waals surface area contributed by atoms with E-state index in [1.165, 1.54) is 6.92 Å². The summed E-state index contributed by atoms with van der Waals surface area (Å²) in [6.45, 7) is 13.2. The Labute approximate surface area is 337 Å². The second kappa shape index (κ2) is 27.8. The van der Waals surface area contributed by atoms with Gasteiger partial charge in [-0.15, -0.1) is 0 Å². The summed E-state index contributed by atoms with van der Waals surface area (Å²) >= 11 is 17.4. The van der Waals surface area contributed by atoms with E-state index in [9.17, 15) is 14.7 Å². The Morgan fingerprint density at radius 2 is 1.15 bits per heavy atom. The predicted octanol–water partition coefficient (Wildman–Crippen LogP) is 6.40. The number of carbonyl (C=O) groups is 2. The molecule has 0 spiro atoms. The molecule has 0 radical (unpaired) electrons. The fraction of sp³-hybridized carbons (Fsp3) is 0.946. The molecule has 2 aliphatic rings. The molecule has 0 aromatic rings. The van der Waals surface area contributed by atoms with E-state index >= 15 is 0 Å². The van der Waals surface area contributed by atoms with Gasteiger partial charge in [0.05, 0.1) is 13.2 Å². The van der Waals surface area contributed by atoms with E-state index in [1.54, 1.807) is 0 Å². The van der Waals surface area contributed by atoms with Crippen LogP contribution < -0.4 is 5.32 Å². The summed E-state index contributed by atoms with van der Waals surface area (Å²) in [7, 11) is 0. The molecule has 0 aliphatic carbocycles. The van der Waals surface area contributed by atoms with Crippen molar-refractivity contribution in [2.75, 3.05) is 52.9 Å². The maximum Gasteiger partial charge on any atom is 0.407 e. The number of hydrogen-bond donors (Lipinski definition) is 2. The number of unbranched alkanes of at least 4 members (excludes halogenated alkanes) is 5. The third-order valence-electron chi connectivity index (χ3n) is 8.77. The lowest BCUT2D eigenvalue weighted by Gasteiger charge is -2.49. The Bertz CT molecular complexity index is 1010. The molecule has 2 rings (SSSR count). The summed E-state index contributed by atoms with van der Waals surface area (Å²) in [4.78, 5) is 25.7. The van der Waals surface area contributed by atoms with Crippen molar-refractivity contribution in [3.05, 3.63) is 0 Å². The van der Waals surface area contributed by atoms with Crippen LogP contribution in [-0.4, -0.2) is 135 Å². The Morgan fingerprint density at radius 1 is 0.667 bits per heavy atom. The summed E-state index contributed by atoms with van der Waals surface area (Å²) in [6.07, 6.45) is -1.71. The fourth-order valence-corrected chi connectivity index (χ4v) is 6.03. The highest BCUT2D eigenvalue weighted by molar-refractivity contribution is 6.67. The van der Waals surface area contributed by atoms with Crippen molar-refractivity contribution in [1.82, 2.24) is 5.32 Å². The van der Waals surface area contributed by atoms with Crippen LogP contribution in [0.1, 0.15) is 106 Å². The van der Waals surface area contributed by atoms with Gasteiger partial charge in [-0.25, -0.2) is 4.79 Å². The number of hydrogen-bond acceptors (Lipinski definition) is 13. The van der Waals surface area contributed by atoms with Gasteiger partial charge in [0.25, 0.3) is 0 Å². The number of esters is 1. The van der Waals surface area contributed by atoms with Gasteiger partial charge in [0.15, 0.2) is 18.7 Å². The number of carbonyl (C=O) groups excluding carboxylic acids is 2. The lowest BCUT2D eigenvalue weighted by atomic mass is 9.95. The largest absolute Gasteiger partial charge is 0.454 e. The molecular weight excluding hydrogens is 773 g/mol. The molecule has 0 aromatic heterocycles. The Kier molecular flexibility index (Phi) is 25.4. The van der Waals surface area contributed by atoms with Crippen molar-refractivity contribution in [3.8, 4) is 0 Å². The minimum absolute atomic E-state index is 0.00743. The summed E-state index contributed by atoms with van der Waals surface area (Å²) in [6, 6.07) is -1.22. The maximum absolute atomic E-state index is 13.0. The van der Waals surface area contributed by atoms with Gasteiger partial charge in [0, 0.05) is 40.0 Å². The van der Waals surface area contributed by atoms with Crippen LogP contribution in [0.5, 0.6) is 0 Å². The quantitative estimate of drug-likeness (QED) is 0.0533. The molecule has 10 atom stereocenters. The van der Waals surface area contributed by atoms with Gasteiger partial charge in [0.1, 0.15) is 49.3 Å². The number of nitrogens with one attached hydrogen (secondary N) is 1. The molecule has 14 nitrogen and oxygen atoms in total. The molecular formula is C37H66Cl3NO13. The van der Waals surface area contributed by atoms with E-state index in [-0.39, 0.29) is 19.8 Å². The molecule has 17 heteroatoms. The molecule has 2 fully saturated rings. The minimum Gasteiger partial charge on any atom is -0.454 e. The van der Waals surface area contributed by atoms with Crippen LogP contribution in [0.3, 0.4) is 0 Å². The zero-order chi connectivity index (χ0) is 39.9. The Hall–Kier alpha value is -0.750. The topological polar surface area (TPSA) is 159 Å². The first-order valence-electron chi connectivity index (χ1n) is 19.7. The van der Waals surface area contributed by atoms with Gasteiger partial charge in [-0.05, 0) is 32.1 Å². The molecule has 54 heavy (non-hydrogen) atoms. The smallest absolute Gasteiger partial charge is 0.407 e. The van der Waals surface area contributed by atoms with Gasteiger partial charge in [-0.2, -0.15) is 0 Å². The first-order chi connectivity index (χ1) is 25.9. The normalized spacial score (nSPS) is 28.9. The van der Waals surface area contributed by atoms with Crippen molar-refractivity contribution in [2.45, 2.75) is 171 Å². The predicted molar refractivity (Wildman–Crippen MR) is 204 cm³/mol. The molecule has 2 N–H and O–H groups in total. The number of alkyl halides is 3. The molecule has 0 saturated carbocycles. The van der Waals surface area contributed by atoms with Crippen molar-refractivity contribution in [2.24, 2.45) is 0 Å².